The number of hydrogen-bond acceptors (Lipinski definition) is 2. The molecule has 0 saturated heterocycles. The summed E-state index contributed by atoms with van der Waals surface area (Å²) >= 11 is 0. The summed E-state index contributed by atoms with van der Waals surface area (Å²) < 4.78 is 12.8. The highest BCUT2D eigenvalue weighted by molar-refractivity contribution is 5.97. The Labute approximate surface area is 115 Å². The van der Waals surface area contributed by atoms with Gasteiger partial charge in [-0.05, 0) is 23.3 Å². The molecule has 0 aliphatic rings. The van der Waals surface area contributed by atoms with Crippen LogP contribution in [0.1, 0.15) is 23.2 Å². The summed E-state index contributed by atoms with van der Waals surface area (Å²) in [6.07, 6.45) is -0.177. The zero-order valence-corrected chi connectivity index (χ0v) is 10.7. The first-order valence-corrected chi connectivity index (χ1v) is 6.17. The molecule has 4 heteroatoms. The predicted octanol–water partition coefficient (Wildman–Crippen LogP) is 3.54. The number of Topliss-reactive ketones (excluding diaryl/α,β-unsaturated/α-hetero) is 1. The molecule has 3 nitrogen and oxygen atoms in total. The van der Waals surface area contributed by atoms with Crippen molar-refractivity contribution in [2.45, 2.75) is 12.8 Å². The Balaban J connectivity index is 2.11. The molecule has 0 fully saturated rings. The second kappa shape index (κ2) is 6.10. The fourth-order valence-corrected chi connectivity index (χ4v) is 1.86. The molecule has 0 bridgehead atoms. The van der Waals surface area contributed by atoms with Crippen LogP contribution in [-0.2, 0) is 4.79 Å². The van der Waals surface area contributed by atoms with Crippen LogP contribution in [0.25, 0.3) is 11.1 Å². The molecule has 0 heterocycles. The van der Waals surface area contributed by atoms with Crippen molar-refractivity contribution in [1.29, 1.82) is 0 Å². The van der Waals surface area contributed by atoms with E-state index in [9.17, 15) is 14.0 Å². The summed E-state index contributed by atoms with van der Waals surface area (Å²) in [4.78, 5) is 22.1. The van der Waals surface area contributed by atoms with Gasteiger partial charge in [-0.3, -0.25) is 9.59 Å². The quantitative estimate of drug-likeness (QED) is 0.847. The van der Waals surface area contributed by atoms with Crippen molar-refractivity contribution < 1.29 is 19.1 Å². The zero-order valence-electron chi connectivity index (χ0n) is 10.7. The van der Waals surface area contributed by atoms with Crippen LogP contribution in [0.2, 0.25) is 0 Å². The van der Waals surface area contributed by atoms with E-state index in [0.717, 1.165) is 11.1 Å². The summed E-state index contributed by atoms with van der Waals surface area (Å²) in [6.45, 7) is 0. The average Bonchev–Trinajstić information content (AvgIpc) is 2.46. The third kappa shape index (κ3) is 3.51. The van der Waals surface area contributed by atoms with Gasteiger partial charge in [0.05, 0.1) is 6.42 Å². The van der Waals surface area contributed by atoms with E-state index < -0.39 is 5.97 Å². The molecule has 0 radical (unpaired) electrons. The lowest BCUT2D eigenvalue weighted by Crippen LogP contribution is -2.03. The lowest BCUT2D eigenvalue weighted by molar-refractivity contribution is -0.136. The molecule has 0 spiro atoms. The Morgan fingerprint density at radius 2 is 1.35 bits per heavy atom. The smallest absolute Gasteiger partial charge is 0.303 e. The minimum Gasteiger partial charge on any atom is -0.481 e. The van der Waals surface area contributed by atoms with E-state index in [0.29, 0.717) is 5.56 Å². The van der Waals surface area contributed by atoms with Gasteiger partial charge in [0.1, 0.15) is 5.82 Å². The van der Waals surface area contributed by atoms with E-state index in [1.165, 1.54) is 12.1 Å². The van der Waals surface area contributed by atoms with Crippen molar-refractivity contribution in [3.05, 3.63) is 59.9 Å². The molecule has 0 aromatic heterocycles. The average molecular weight is 272 g/mol. The van der Waals surface area contributed by atoms with Gasteiger partial charge in [-0.15, -0.1) is 0 Å². The Bertz CT molecular complexity index is 615. The molecular formula is C16H13FO3. The van der Waals surface area contributed by atoms with Gasteiger partial charge in [0, 0.05) is 12.0 Å². The number of carbonyl (C=O) groups excluding carboxylic acids is 1. The van der Waals surface area contributed by atoms with Gasteiger partial charge in [0.15, 0.2) is 5.78 Å². The van der Waals surface area contributed by atoms with Gasteiger partial charge >= 0.3 is 5.97 Å². The minimum atomic E-state index is -0.985. The molecular weight excluding hydrogens is 259 g/mol. The summed E-state index contributed by atoms with van der Waals surface area (Å²) in [5.41, 5.74) is 2.22. The molecule has 2 rings (SSSR count). The number of carbonyl (C=O) groups is 2. The number of ketones is 1. The number of halogens is 1. The fraction of sp³-hybridized carbons (Fsp3) is 0.125. The minimum absolute atomic E-state index is 0.00870. The van der Waals surface area contributed by atoms with E-state index in [-0.39, 0.29) is 24.4 Å². The number of benzene rings is 2. The zero-order chi connectivity index (χ0) is 14.5. The van der Waals surface area contributed by atoms with E-state index in [1.807, 2.05) is 0 Å². The Hall–Kier alpha value is -2.49. The molecule has 0 aliphatic carbocycles. The molecule has 102 valence electrons. The van der Waals surface area contributed by atoms with E-state index in [1.54, 1.807) is 36.4 Å². The number of aliphatic carboxylic acids is 1. The van der Waals surface area contributed by atoms with Gasteiger partial charge in [-0.25, -0.2) is 4.39 Å². The van der Waals surface area contributed by atoms with E-state index >= 15 is 0 Å². The van der Waals surface area contributed by atoms with Crippen LogP contribution in [0.3, 0.4) is 0 Å². The summed E-state index contributed by atoms with van der Waals surface area (Å²) in [7, 11) is 0. The molecule has 1 N–H and O–H groups in total. The number of carboxylic acid groups (broad SMARTS) is 1. The van der Waals surface area contributed by atoms with Crippen molar-refractivity contribution in [3.8, 4) is 11.1 Å². The standard InChI is InChI=1S/C16H13FO3/c17-14-7-5-12(6-8-14)11-1-3-13(4-2-11)15(18)9-10-16(19)20/h1-8H,9-10H2,(H,19,20). The van der Waals surface area contributed by atoms with Crippen LogP contribution in [0.4, 0.5) is 4.39 Å². The van der Waals surface area contributed by atoms with Crippen LogP contribution in [-0.4, -0.2) is 16.9 Å². The van der Waals surface area contributed by atoms with E-state index in [4.69, 9.17) is 5.11 Å². The second-order valence-electron chi connectivity index (χ2n) is 4.40. The number of rotatable bonds is 5. The lowest BCUT2D eigenvalue weighted by atomic mass is 10.0. The van der Waals surface area contributed by atoms with Crippen LogP contribution in [0.15, 0.2) is 48.5 Å². The van der Waals surface area contributed by atoms with Crippen molar-refractivity contribution in [2.75, 3.05) is 0 Å². The molecule has 0 atom stereocenters. The molecule has 2 aromatic carbocycles. The molecule has 0 saturated carbocycles. The Kier molecular flexibility index (Phi) is 4.25. The molecule has 0 aliphatic heterocycles. The van der Waals surface area contributed by atoms with Gasteiger partial charge in [0.25, 0.3) is 0 Å². The van der Waals surface area contributed by atoms with Gasteiger partial charge in [-0.2, -0.15) is 0 Å². The van der Waals surface area contributed by atoms with Gasteiger partial charge in [-0.1, -0.05) is 36.4 Å². The van der Waals surface area contributed by atoms with Crippen molar-refractivity contribution in [3.63, 3.8) is 0 Å². The van der Waals surface area contributed by atoms with Gasteiger partial charge in [0.2, 0.25) is 0 Å². The maximum absolute atomic E-state index is 12.8. The first kappa shape index (κ1) is 13.9. The highest BCUT2D eigenvalue weighted by Gasteiger charge is 2.08. The van der Waals surface area contributed by atoms with Gasteiger partial charge < -0.3 is 5.11 Å². The molecule has 0 unspecified atom stereocenters. The second-order valence-corrected chi connectivity index (χ2v) is 4.40. The van der Waals surface area contributed by atoms with Crippen molar-refractivity contribution >= 4 is 11.8 Å². The van der Waals surface area contributed by atoms with Crippen LogP contribution >= 0.6 is 0 Å². The first-order valence-electron chi connectivity index (χ1n) is 6.17. The maximum Gasteiger partial charge on any atom is 0.303 e. The summed E-state index contributed by atoms with van der Waals surface area (Å²) in [5, 5.41) is 8.54. The molecule has 0 amide bonds. The number of hydrogen-bond donors (Lipinski definition) is 1. The highest BCUT2D eigenvalue weighted by atomic mass is 19.1. The summed E-state index contributed by atoms with van der Waals surface area (Å²) in [6, 6.07) is 12.9. The molecule has 20 heavy (non-hydrogen) atoms. The van der Waals surface area contributed by atoms with Crippen molar-refractivity contribution in [1.82, 2.24) is 0 Å². The molecule has 2 aromatic rings. The normalized spacial score (nSPS) is 10.2. The van der Waals surface area contributed by atoms with Crippen molar-refractivity contribution in [2.24, 2.45) is 0 Å². The topological polar surface area (TPSA) is 54.4 Å². The summed E-state index contributed by atoms with van der Waals surface area (Å²) in [5.74, 6) is -1.48. The predicted molar refractivity (Wildman–Crippen MR) is 73.0 cm³/mol. The fourth-order valence-electron chi connectivity index (χ4n) is 1.86. The maximum atomic E-state index is 12.8. The highest BCUT2D eigenvalue weighted by Crippen LogP contribution is 2.20. The Morgan fingerprint density at radius 1 is 0.850 bits per heavy atom. The van der Waals surface area contributed by atoms with E-state index in [2.05, 4.69) is 0 Å². The largest absolute Gasteiger partial charge is 0.481 e. The lowest BCUT2D eigenvalue weighted by Gasteiger charge is -2.04. The van der Waals surface area contributed by atoms with Crippen LogP contribution in [0, 0.1) is 5.82 Å². The third-order valence-corrected chi connectivity index (χ3v) is 2.95. The van der Waals surface area contributed by atoms with Crippen LogP contribution in [0.5, 0.6) is 0 Å². The third-order valence-electron chi connectivity index (χ3n) is 2.95. The monoisotopic (exact) mass is 272 g/mol. The first-order chi connectivity index (χ1) is 9.56. The van der Waals surface area contributed by atoms with Crippen LogP contribution < -0.4 is 0 Å². The SMILES string of the molecule is O=C(O)CCC(=O)c1ccc(-c2ccc(F)cc2)cc1. The Morgan fingerprint density at radius 3 is 1.85 bits per heavy atom. The number of carboxylic acids is 1.